The van der Waals surface area contributed by atoms with Crippen molar-refractivity contribution < 1.29 is 57.5 Å². The first-order valence-electron chi connectivity index (χ1n) is 20.4. The summed E-state index contributed by atoms with van der Waals surface area (Å²) in [4.78, 5) is 24.8. The van der Waals surface area contributed by atoms with Crippen LogP contribution in [0.3, 0.4) is 0 Å². The lowest BCUT2D eigenvalue weighted by Gasteiger charge is -2.47. The van der Waals surface area contributed by atoms with Crippen molar-refractivity contribution in [1.29, 1.82) is 0 Å². The van der Waals surface area contributed by atoms with E-state index in [9.17, 15) is 20.0 Å². The van der Waals surface area contributed by atoms with E-state index in [1.165, 1.54) is 0 Å². The van der Waals surface area contributed by atoms with Crippen LogP contribution in [0.15, 0.2) is 24.3 Å². The molecule has 0 aliphatic carbocycles. The lowest BCUT2D eigenvalue weighted by Crippen LogP contribution is -2.61. The predicted molar refractivity (Wildman–Crippen MR) is 189 cm³/mol. The predicted octanol–water partition coefficient (Wildman–Crippen LogP) is 3.76. The van der Waals surface area contributed by atoms with Crippen molar-refractivity contribution >= 4 is 5.78 Å². The van der Waals surface area contributed by atoms with Crippen LogP contribution >= 0.6 is 0 Å². The number of aliphatic hydroxyl groups excluding tert-OH is 1. The molecule has 10 rings (SSSR count). The molecule has 10 fully saturated rings. The summed E-state index contributed by atoms with van der Waals surface area (Å²) in [6.45, 7) is 10.4. The Morgan fingerprint density at radius 1 is 0.833 bits per heavy atom. The highest BCUT2D eigenvalue weighted by Crippen LogP contribution is 2.54. The van der Waals surface area contributed by atoms with Gasteiger partial charge in [-0.3, -0.25) is 14.9 Å². The Balaban J connectivity index is 0.989. The fourth-order valence-electron chi connectivity index (χ4n) is 11.4. The molecule has 1 N–H and O–H groups in total. The lowest BCUT2D eigenvalue weighted by atomic mass is 9.81. The van der Waals surface area contributed by atoms with Crippen LogP contribution in [-0.2, 0) is 47.4 Å². The number of hydrogen-bond donors (Lipinski definition) is 1. The molecule has 12 bridgehead atoms. The van der Waals surface area contributed by atoms with Gasteiger partial charge in [0.1, 0.15) is 42.4 Å². The van der Waals surface area contributed by atoms with Crippen LogP contribution in [0.1, 0.15) is 90.4 Å². The number of fused-ring (bicyclic) bond motifs is 6. The van der Waals surface area contributed by atoms with Crippen LogP contribution in [-0.4, -0.2) is 133 Å². The molecule has 14 heteroatoms. The maximum atomic E-state index is 14.1. The molecule has 0 aromatic heterocycles. The number of ether oxygens (including phenoxy) is 9. The number of hydrogen-bond acceptors (Lipinski definition) is 13. The van der Waals surface area contributed by atoms with E-state index in [4.69, 9.17) is 42.6 Å². The molecule has 14 nitrogen and oxygen atoms in total. The van der Waals surface area contributed by atoms with Gasteiger partial charge >= 0.3 is 0 Å². The topological polar surface area (TPSA) is 164 Å². The Labute approximate surface area is 316 Å². The van der Waals surface area contributed by atoms with Gasteiger partial charge in [-0.1, -0.05) is 20.1 Å². The molecule has 300 valence electrons. The highest BCUT2D eigenvalue weighted by Gasteiger charge is 2.68. The van der Waals surface area contributed by atoms with E-state index >= 15 is 0 Å². The van der Waals surface area contributed by atoms with Crippen LogP contribution in [0.2, 0.25) is 0 Å². The second kappa shape index (κ2) is 14.8. The van der Waals surface area contributed by atoms with Crippen molar-refractivity contribution in [3.63, 3.8) is 0 Å². The van der Waals surface area contributed by atoms with Gasteiger partial charge in [0.25, 0.3) is 0 Å². The molecule has 0 saturated carbocycles. The minimum Gasteiger partial charge on any atom is -0.386 e. The summed E-state index contributed by atoms with van der Waals surface area (Å²) in [7, 11) is 1.57. The number of methoxy groups -OCH3 is 1. The molecular formula is C40H57NO13. The SMILES string of the molecule is C=C1C(C)CC2CC[C@@H]3OC(CC[C@@]45CC6OC7C(O4)[C@H]4OC(CCC4O[C@H]7C6O5)CC(=O)CC4[C@H](CC1O2)O[C@H](CC(O)C[N+](=O)[O-])[C@@H]4OC)CC3=C. The molecule has 10 aliphatic heterocycles. The summed E-state index contributed by atoms with van der Waals surface area (Å²) >= 11 is 0. The minimum atomic E-state index is -1.21. The molecule has 10 saturated heterocycles. The number of aliphatic hydroxyl groups is 1. The second-order valence-corrected chi connectivity index (χ2v) is 17.7. The van der Waals surface area contributed by atoms with Crippen LogP contribution in [0.5, 0.6) is 0 Å². The summed E-state index contributed by atoms with van der Waals surface area (Å²) in [6.07, 6.45) is 2.34. The molecule has 19 atom stereocenters. The molecule has 10 heterocycles. The maximum Gasteiger partial charge on any atom is 0.229 e. The molecule has 0 aromatic carbocycles. The zero-order chi connectivity index (χ0) is 37.5. The number of Topliss-reactive ketones (excluding diaryl/α,β-unsaturated/α-hetero) is 1. The molecule has 1 spiro atoms. The first-order valence-corrected chi connectivity index (χ1v) is 20.4. The Hall–Kier alpha value is -1.85. The number of ketones is 1. The Morgan fingerprint density at radius 2 is 1.57 bits per heavy atom. The molecule has 0 aromatic rings. The van der Waals surface area contributed by atoms with Crippen molar-refractivity contribution in [2.45, 2.75) is 194 Å². The van der Waals surface area contributed by atoms with Gasteiger partial charge in [0.05, 0.1) is 61.0 Å². The summed E-state index contributed by atoms with van der Waals surface area (Å²) in [5.41, 5.74) is 2.10. The first kappa shape index (κ1) is 37.7. The molecule has 0 radical (unpaired) electrons. The largest absolute Gasteiger partial charge is 0.386 e. The van der Waals surface area contributed by atoms with E-state index in [0.717, 1.165) is 49.7 Å². The lowest BCUT2D eigenvalue weighted by molar-refractivity contribution is -0.491. The third-order valence-corrected chi connectivity index (χ3v) is 14.1. The first-order chi connectivity index (χ1) is 26.0. The van der Waals surface area contributed by atoms with Crippen molar-refractivity contribution in [3.8, 4) is 0 Å². The average molecular weight is 760 g/mol. The summed E-state index contributed by atoms with van der Waals surface area (Å²) < 4.78 is 59.7. The molecule has 54 heavy (non-hydrogen) atoms. The maximum absolute atomic E-state index is 14.1. The third-order valence-electron chi connectivity index (χ3n) is 14.1. The molecule has 10 aliphatic rings. The zero-order valence-corrected chi connectivity index (χ0v) is 31.5. The number of nitro groups is 1. The van der Waals surface area contributed by atoms with Crippen LogP contribution in [0, 0.1) is 22.0 Å². The fourth-order valence-corrected chi connectivity index (χ4v) is 11.4. The number of carbonyl (C=O) groups is 1. The average Bonchev–Trinajstić information content (AvgIpc) is 3.79. The van der Waals surface area contributed by atoms with E-state index in [1.54, 1.807) is 7.11 Å². The van der Waals surface area contributed by atoms with Crippen molar-refractivity contribution in [2.24, 2.45) is 11.8 Å². The Morgan fingerprint density at radius 3 is 2.39 bits per heavy atom. The quantitative estimate of drug-likeness (QED) is 0.245. The summed E-state index contributed by atoms with van der Waals surface area (Å²) in [5, 5.41) is 21.8. The number of carbonyl (C=O) groups excluding carboxylic acids is 1. The van der Waals surface area contributed by atoms with Gasteiger partial charge in [0, 0.05) is 56.5 Å². The van der Waals surface area contributed by atoms with Gasteiger partial charge in [0.15, 0.2) is 5.79 Å². The summed E-state index contributed by atoms with van der Waals surface area (Å²) in [5.74, 6) is -0.932. The van der Waals surface area contributed by atoms with E-state index in [0.29, 0.717) is 25.7 Å². The Bertz CT molecular complexity index is 1480. The van der Waals surface area contributed by atoms with Gasteiger partial charge in [0.2, 0.25) is 6.54 Å². The number of rotatable bonds is 5. The van der Waals surface area contributed by atoms with Crippen LogP contribution in [0.4, 0.5) is 0 Å². The molecular weight excluding hydrogens is 702 g/mol. The molecule has 12 unspecified atom stereocenters. The number of nitrogens with zero attached hydrogens (tertiary/aromatic N) is 1. The van der Waals surface area contributed by atoms with E-state index < -0.39 is 47.8 Å². The van der Waals surface area contributed by atoms with E-state index in [-0.39, 0.29) is 104 Å². The fraction of sp³-hybridized carbons (Fsp3) is 0.875. The second-order valence-electron chi connectivity index (χ2n) is 17.7. The normalized spacial score (nSPS) is 50.8. The zero-order valence-electron chi connectivity index (χ0n) is 31.5. The van der Waals surface area contributed by atoms with Gasteiger partial charge < -0.3 is 47.7 Å². The molecule has 0 amide bonds. The van der Waals surface area contributed by atoms with Gasteiger partial charge in [-0.05, 0) is 62.0 Å². The van der Waals surface area contributed by atoms with Crippen LogP contribution < -0.4 is 0 Å². The Kier molecular flexibility index (Phi) is 10.4. The smallest absolute Gasteiger partial charge is 0.229 e. The van der Waals surface area contributed by atoms with E-state index in [2.05, 4.69) is 20.1 Å². The van der Waals surface area contributed by atoms with Crippen molar-refractivity contribution in [3.05, 3.63) is 34.4 Å². The standard InChI is InChI=1S/C40H57NO13/c1-19-11-24-5-7-28-20(2)12-26(47-28)9-10-40-17-33-36(53-40)37-38(52-33)39(54-40)35-29(51-37)8-6-25(49-35)13-22(42)14-27-31(16-30(48-24)21(19)3)50-32(34(27)46-4)15-23(43)18-41(44)45/h19,23-39,43H,2-3,5-18H2,1,4H3/t19?,23?,24?,25?,26?,27?,28-,29?,30?,31-,32+,33?,34+,35-,36?,37-,38?,39?,40-/m0/s1. The summed E-state index contributed by atoms with van der Waals surface area (Å²) in [6, 6.07) is 0. The van der Waals surface area contributed by atoms with Crippen molar-refractivity contribution in [2.75, 3.05) is 13.7 Å². The highest BCUT2D eigenvalue weighted by molar-refractivity contribution is 5.79. The van der Waals surface area contributed by atoms with Gasteiger partial charge in [-0.2, -0.15) is 0 Å². The van der Waals surface area contributed by atoms with Gasteiger partial charge in [-0.15, -0.1) is 0 Å². The van der Waals surface area contributed by atoms with Gasteiger partial charge in [-0.25, -0.2) is 0 Å². The van der Waals surface area contributed by atoms with Crippen LogP contribution in [0.25, 0.3) is 0 Å². The monoisotopic (exact) mass is 759 g/mol. The van der Waals surface area contributed by atoms with Crippen molar-refractivity contribution in [1.82, 2.24) is 0 Å². The highest BCUT2D eigenvalue weighted by atomic mass is 16.8. The third kappa shape index (κ3) is 7.04. The van der Waals surface area contributed by atoms with E-state index in [1.807, 2.05) is 0 Å². The minimum absolute atomic E-state index is 0.0170.